The number of amides is 1. The Morgan fingerprint density at radius 1 is 1.16 bits per heavy atom. The largest absolute Gasteiger partial charge is 0.338 e. The second-order valence-corrected chi connectivity index (χ2v) is 5.87. The van der Waals surface area contributed by atoms with Crippen LogP contribution in [0.4, 0.5) is 0 Å². The van der Waals surface area contributed by atoms with Crippen molar-refractivity contribution in [1.82, 2.24) is 5.32 Å². The first kappa shape index (κ1) is 16.0. The van der Waals surface area contributed by atoms with Gasteiger partial charge in [-0.3, -0.25) is 4.79 Å². The molecule has 3 nitrogen and oxygen atoms in total. The van der Waals surface area contributed by atoms with Crippen LogP contribution in [0.5, 0.6) is 0 Å². The topological polar surface area (TPSA) is 52.9 Å². The molecule has 0 aromatic rings. The van der Waals surface area contributed by atoms with Gasteiger partial charge in [-0.2, -0.15) is 5.26 Å². The molecule has 0 atom stereocenters. The van der Waals surface area contributed by atoms with Gasteiger partial charge in [0, 0.05) is 5.92 Å². The Kier molecular flexibility index (Phi) is 6.91. The van der Waals surface area contributed by atoms with Crippen LogP contribution in [0, 0.1) is 17.2 Å². The predicted molar refractivity (Wildman–Crippen MR) is 77.5 cm³/mol. The highest BCUT2D eigenvalue weighted by Crippen LogP contribution is 2.27. The maximum Gasteiger partial charge on any atom is 0.224 e. The Morgan fingerprint density at radius 3 is 2.11 bits per heavy atom. The highest BCUT2D eigenvalue weighted by Gasteiger charge is 2.34. The number of carbonyl (C=O) groups is 1. The summed E-state index contributed by atoms with van der Waals surface area (Å²) in [6.45, 7) is 4.23. The number of nitrogens with zero attached hydrogens (tertiary/aromatic N) is 1. The summed E-state index contributed by atoms with van der Waals surface area (Å²) in [4.78, 5) is 12.4. The van der Waals surface area contributed by atoms with E-state index in [9.17, 15) is 10.1 Å². The van der Waals surface area contributed by atoms with Gasteiger partial charge in [-0.15, -0.1) is 0 Å². The third-order valence-corrected chi connectivity index (χ3v) is 4.18. The Hall–Kier alpha value is -1.04. The molecule has 0 unspecified atom stereocenters. The van der Waals surface area contributed by atoms with Crippen molar-refractivity contribution in [1.29, 1.82) is 5.26 Å². The molecule has 108 valence electrons. The lowest BCUT2D eigenvalue weighted by Crippen LogP contribution is -2.49. The van der Waals surface area contributed by atoms with E-state index in [2.05, 4.69) is 25.2 Å². The van der Waals surface area contributed by atoms with Crippen molar-refractivity contribution < 1.29 is 4.79 Å². The highest BCUT2D eigenvalue weighted by molar-refractivity contribution is 5.79. The van der Waals surface area contributed by atoms with Gasteiger partial charge in [0.25, 0.3) is 0 Å². The first-order valence-corrected chi connectivity index (χ1v) is 7.90. The molecule has 0 aromatic carbocycles. The zero-order valence-electron chi connectivity index (χ0n) is 12.5. The molecule has 3 heteroatoms. The molecule has 1 fully saturated rings. The van der Waals surface area contributed by atoms with Crippen LogP contribution in [0.1, 0.15) is 78.1 Å². The van der Waals surface area contributed by atoms with Crippen LogP contribution >= 0.6 is 0 Å². The van der Waals surface area contributed by atoms with E-state index in [0.717, 1.165) is 51.4 Å². The van der Waals surface area contributed by atoms with E-state index in [4.69, 9.17) is 0 Å². The predicted octanol–water partition coefficient (Wildman–Crippen LogP) is 3.94. The summed E-state index contributed by atoms with van der Waals surface area (Å²) in [5.74, 6) is 0.190. The molecule has 1 rings (SSSR count). The summed E-state index contributed by atoms with van der Waals surface area (Å²) >= 11 is 0. The average Bonchev–Trinajstić information content (AvgIpc) is 2.64. The van der Waals surface area contributed by atoms with Gasteiger partial charge in [0.05, 0.1) is 6.07 Å². The molecule has 0 aliphatic heterocycles. The molecule has 0 radical (unpaired) electrons. The number of rotatable bonds is 6. The third-order valence-electron chi connectivity index (χ3n) is 4.18. The summed E-state index contributed by atoms with van der Waals surface area (Å²) in [7, 11) is 0. The minimum absolute atomic E-state index is 0.0866. The zero-order valence-corrected chi connectivity index (χ0v) is 12.5. The minimum Gasteiger partial charge on any atom is -0.338 e. The van der Waals surface area contributed by atoms with E-state index >= 15 is 0 Å². The van der Waals surface area contributed by atoms with Crippen molar-refractivity contribution in [3.63, 3.8) is 0 Å². The summed E-state index contributed by atoms with van der Waals surface area (Å²) in [5.41, 5.74) is -0.590. The average molecular weight is 264 g/mol. The molecule has 1 saturated carbocycles. The van der Waals surface area contributed by atoms with Crippen molar-refractivity contribution in [2.75, 3.05) is 0 Å². The monoisotopic (exact) mass is 264 g/mol. The summed E-state index contributed by atoms with van der Waals surface area (Å²) in [5, 5.41) is 12.6. The number of hydrogen-bond donors (Lipinski definition) is 1. The zero-order chi connectivity index (χ0) is 14.1. The standard InChI is InChI=1S/C16H28N2O/c1-3-9-14(10-4-2)15(19)18-16(13-17)11-7-5-6-8-12-16/h14H,3-12H2,1-2H3,(H,18,19). The van der Waals surface area contributed by atoms with Gasteiger partial charge in [-0.05, 0) is 25.7 Å². The van der Waals surface area contributed by atoms with Crippen molar-refractivity contribution in [2.45, 2.75) is 83.6 Å². The summed E-state index contributed by atoms with van der Waals surface area (Å²) in [6, 6.07) is 2.40. The lowest BCUT2D eigenvalue weighted by Gasteiger charge is -2.28. The molecule has 19 heavy (non-hydrogen) atoms. The van der Waals surface area contributed by atoms with Crippen molar-refractivity contribution in [3.05, 3.63) is 0 Å². The van der Waals surface area contributed by atoms with E-state index in [-0.39, 0.29) is 11.8 Å². The fourth-order valence-electron chi connectivity index (χ4n) is 3.04. The van der Waals surface area contributed by atoms with E-state index in [1.807, 2.05) is 0 Å². The van der Waals surface area contributed by atoms with Crippen LogP contribution < -0.4 is 5.32 Å². The fraction of sp³-hybridized carbons (Fsp3) is 0.875. The second kappa shape index (κ2) is 8.19. The summed E-state index contributed by atoms with van der Waals surface area (Å²) < 4.78 is 0. The van der Waals surface area contributed by atoms with Crippen LogP contribution in [0.25, 0.3) is 0 Å². The van der Waals surface area contributed by atoms with Crippen LogP contribution in [-0.4, -0.2) is 11.4 Å². The molecule has 1 amide bonds. The molecular formula is C16H28N2O. The van der Waals surface area contributed by atoms with Crippen LogP contribution in [-0.2, 0) is 4.79 Å². The van der Waals surface area contributed by atoms with Gasteiger partial charge in [0.2, 0.25) is 5.91 Å². The van der Waals surface area contributed by atoms with Gasteiger partial charge < -0.3 is 5.32 Å². The Balaban J connectivity index is 2.67. The second-order valence-electron chi connectivity index (χ2n) is 5.87. The Labute approximate surface area is 117 Å². The molecule has 0 heterocycles. The van der Waals surface area contributed by atoms with E-state index in [0.29, 0.717) is 0 Å². The highest BCUT2D eigenvalue weighted by atomic mass is 16.2. The maximum absolute atomic E-state index is 12.4. The van der Waals surface area contributed by atoms with E-state index in [1.165, 1.54) is 12.8 Å². The molecule has 0 spiro atoms. The van der Waals surface area contributed by atoms with Crippen molar-refractivity contribution in [3.8, 4) is 6.07 Å². The van der Waals surface area contributed by atoms with E-state index in [1.54, 1.807) is 0 Å². The van der Waals surface area contributed by atoms with Gasteiger partial charge in [0.1, 0.15) is 5.54 Å². The van der Waals surface area contributed by atoms with Crippen LogP contribution in [0.15, 0.2) is 0 Å². The number of carbonyl (C=O) groups excluding carboxylic acids is 1. The molecule has 0 aromatic heterocycles. The molecule has 1 N–H and O–H groups in total. The van der Waals surface area contributed by atoms with Crippen molar-refractivity contribution in [2.24, 2.45) is 5.92 Å². The quantitative estimate of drug-likeness (QED) is 0.739. The lowest BCUT2D eigenvalue weighted by atomic mass is 9.89. The Morgan fingerprint density at radius 2 is 1.68 bits per heavy atom. The minimum atomic E-state index is -0.590. The smallest absolute Gasteiger partial charge is 0.224 e. The molecule has 0 bridgehead atoms. The van der Waals surface area contributed by atoms with Crippen LogP contribution in [0.2, 0.25) is 0 Å². The molecule has 0 saturated heterocycles. The fourth-order valence-corrected chi connectivity index (χ4v) is 3.04. The molecule has 1 aliphatic rings. The first-order valence-electron chi connectivity index (χ1n) is 7.90. The SMILES string of the molecule is CCCC(CCC)C(=O)NC1(C#N)CCCCCC1. The third kappa shape index (κ3) is 4.86. The first-order chi connectivity index (χ1) is 9.17. The van der Waals surface area contributed by atoms with E-state index < -0.39 is 5.54 Å². The van der Waals surface area contributed by atoms with Gasteiger partial charge >= 0.3 is 0 Å². The lowest BCUT2D eigenvalue weighted by molar-refractivity contribution is -0.127. The number of nitrogens with one attached hydrogen (secondary N) is 1. The van der Waals surface area contributed by atoms with Crippen LogP contribution in [0.3, 0.4) is 0 Å². The van der Waals surface area contributed by atoms with Gasteiger partial charge in [0.15, 0.2) is 0 Å². The molecular weight excluding hydrogens is 236 g/mol. The number of hydrogen-bond acceptors (Lipinski definition) is 2. The van der Waals surface area contributed by atoms with Crippen molar-refractivity contribution >= 4 is 5.91 Å². The van der Waals surface area contributed by atoms with Gasteiger partial charge in [-0.1, -0.05) is 52.4 Å². The maximum atomic E-state index is 12.4. The summed E-state index contributed by atoms with van der Waals surface area (Å²) in [6.07, 6.45) is 10.0. The molecule has 1 aliphatic carbocycles. The Bertz CT molecular complexity index is 305. The normalized spacial score (nSPS) is 18.6. The van der Waals surface area contributed by atoms with Gasteiger partial charge in [-0.25, -0.2) is 0 Å². The number of nitriles is 1.